The van der Waals surface area contributed by atoms with Gasteiger partial charge in [0.15, 0.2) is 0 Å². The number of carbonyl (C=O) groups is 1. The number of aliphatic hydroxyl groups is 1. The maximum Gasteiger partial charge on any atom is 0.268 e. The Morgan fingerprint density at radius 2 is 1.23 bits per heavy atom. The molecular formula is C35H71N2O6P. The first kappa shape index (κ1) is 43.2. The first-order chi connectivity index (χ1) is 21.0. The van der Waals surface area contributed by atoms with Crippen LogP contribution >= 0.6 is 7.82 Å². The van der Waals surface area contributed by atoms with E-state index in [1.54, 1.807) is 6.08 Å². The second-order valence-corrected chi connectivity index (χ2v) is 15.0. The number of allylic oxidation sites excluding steroid dienone is 1. The average molecular weight is 647 g/mol. The SMILES string of the molecule is CCCCCCCCCCCC/C=C/C(O)C(COP(=O)([O-])OCC[N+](C)(C)C)NC(=O)CCCCCCCCCCCC. The van der Waals surface area contributed by atoms with Crippen LogP contribution in [-0.4, -0.2) is 68.5 Å². The number of unbranched alkanes of at least 4 members (excludes halogenated alkanes) is 19. The normalized spacial score (nSPS) is 15.0. The molecule has 1 amide bonds. The van der Waals surface area contributed by atoms with Gasteiger partial charge < -0.3 is 28.8 Å². The molecule has 0 aromatic rings. The van der Waals surface area contributed by atoms with Crippen molar-refractivity contribution in [1.82, 2.24) is 5.32 Å². The molecule has 262 valence electrons. The molecule has 0 aromatic heterocycles. The lowest BCUT2D eigenvalue weighted by molar-refractivity contribution is -0.870. The van der Waals surface area contributed by atoms with Crippen molar-refractivity contribution in [3.63, 3.8) is 0 Å². The van der Waals surface area contributed by atoms with Crippen LogP contribution < -0.4 is 10.2 Å². The lowest BCUT2D eigenvalue weighted by Gasteiger charge is -2.29. The minimum atomic E-state index is -4.57. The molecule has 0 radical (unpaired) electrons. The number of phosphoric acid groups is 1. The molecule has 0 saturated carbocycles. The topological polar surface area (TPSA) is 108 Å². The number of nitrogens with one attached hydrogen (secondary N) is 1. The summed E-state index contributed by atoms with van der Waals surface area (Å²) in [4.78, 5) is 25.0. The number of rotatable bonds is 32. The van der Waals surface area contributed by atoms with Gasteiger partial charge in [-0.25, -0.2) is 0 Å². The first-order valence-corrected chi connectivity index (χ1v) is 19.5. The lowest BCUT2D eigenvalue weighted by atomic mass is 10.0. The average Bonchev–Trinajstić information content (AvgIpc) is 2.95. The number of amides is 1. The van der Waals surface area contributed by atoms with E-state index in [-0.39, 0.29) is 19.1 Å². The Balaban J connectivity index is 4.59. The van der Waals surface area contributed by atoms with E-state index in [0.717, 1.165) is 38.5 Å². The number of hydrogen-bond acceptors (Lipinski definition) is 6. The molecule has 9 heteroatoms. The molecule has 3 atom stereocenters. The van der Waals surface area contributed by atoms with E-state index in [9.17, 15) is 19.4 Å². The number of carbonyl (C=O) groups excluding carboxylic acids is 1. The molecule has 8 nitrogen and oxygen atoms in total. The second-order valence-electron chi connectivity index (χ2n) is 13.6. The van der Waals surface area contributed by atoms with Gasteiger partial charge in [-0.1, -0.05) is 142 Å². The summed E-state index contributed by atoms with van der Waals surface area (Å²) in [5, 5.41) is 13.6. The largest absolute Gasteiger partial charge is 0.756 e. The summed E-state index contributed by atoms with van der Waals surface area (Å²) < 4.78 is 23.0. The monoisotopic (exact) mass is 647 g/mol. The molecule has 44 heavy (non-hydrogen) atoms. The van der Waals surface area contributed by atoms with Gasteiger partial charge in [-0.05, 0) is 19.3 Å². The Hall–Kier alpha value is -0.760. The van der Waals surface area contributed by atoms with E-state index >= 15 is 0 Å². The molecule has 0 rings (SSSR count). The van der Waals surface area contributed by atoms with Crippen LogP contribution in [-0.2, 0) is 18.4 Å². The molecule has 0 bridgehead atoms. The molecule has 0 aromatic carbocycles. The fourth-order valence-corrected chi connectivity index (χ4v) is 5.76. The molecule has 0 heterocycles. The van der Waals surface area contributed by atoms with Crippen LogP contribution in [0.15, 0.2) is 12.2 Å². The van der Waals surface area contributed by atoms with Gasteiger partial charge in [0.25, 0.3) is 7.82 Å². The van der Waals surface area contributed by atoms with E-state index in [1.165, 1.54) is 96.3 Å². The standard InChI is InChI=1S/C35H71N2O6P/c1-6-8-10-12-14-16-18-19-20-22-24-26-28-34(38)33(32-43-44(40,41)42-31-30-37(3,4)5)36-35(39)29-27-25-23-21-17-15-13-11-9-7-2/h26,28,33-34,38H,6-25,27,29-32H2,1-5H3,(H-,36,39,40,41)/b28-26+. The van der Waals surface area contributed by atoms with Gasteiger partial charge in [-0.15, -0.1) is 0 Å². The van der Waals surface area contributed by atoms with Gasteiger partial charge in [0.05, 0.1) is 39.9 Å². The third kappa shape index (κ3) is 29.9. The molecule has 0 aliphatic heterocycles. The maximum absolute atomic E-state index is 12.7. The molecule has 3 unspecified atom stereocenters. The number of quaternary nitrogens is 1. The number of nitrogens with zero attached hydrogens (tertiary/aromatic N) is 1. The molecule has 0 aliphatic rings. The third-order valence-corrected chi connectivity index (χ3v) is 8.96. The molecule has 0 aliphatic carbocycles. The summed E-state index contributed by atoms with van der Waals surface area (Å²) in [6.07, 6.45) is 28.2. The van der Waals surface area contributed by atoms with Crippen LogP contribution in [0.2, 0.25) is 0 Å². The predicted molar refractivity (Wildman–Crippen MR) is 182 cm³/mol. The highest BCUT2D eigenvalue weighted by Crippen LogP contribution is 2.38. The van der Waals surface area contributed by atoms with Gasteiger partial charge in [0.1, 0.15) is 13.2 Å². The molecule has 0 spiro atoms. The van der Waals surface area contributed by atoms with Crippen molar-refractivity contribution in [2.45, 2.75) is 167 Å². The Morgan fingerprint density at radius 1 is 0.773 bits per heavy atom. The van der Waals surface area contributed by atoms with Crippen LogP contribution in [0.25, 0.3) is 0 Å². The van der Waals surface area contributed by atoms with Crippen molar-refractivity contribution in [2.24, 2.45) is 0 Å². The van der Waals surface area contributed by atoms with Crippen molar-refractivity contribution >= 4 is 13.7 Å². The van der Waals surface area contributed by atoms with Gasteiger partial charge in [-0.2, -0.15) is 0 Å². The highest BCUT2D eigenvalue weighted by molar-refractivity contribution is 7.45. The van der Waals surface area contributed by atoms with E-state index in [2.05, 4.69) is 19.2 Å². The minimum absolute atomic E-state index is 0.00135. The van der Waals surface area contributed by atoms with Crippen LogP contribution in [0, 0.1) is 0 Å². The number of likely N-dealkylation sites (N-methyl/N-ethyl adjacent to an activating group) is 1. The van der Waals surface area contributed by atoms with E-state index < -0.39 is 20.0 Å². The van der Waals surface area contributed by atoms with Gasteiger partial charge in [-0.3, -0.25) is 9.36 Å². The van der Waals surface area contributed by atoms with Crippen molar-refractivity contribution in [3.8, 4) is 0 Å². The third-order valence-electron chi connectivity index (χ3n) is 8.00. The van der Waals surface area contributed by atoms with Crippen LogP contribution in [0.1, 0.15) is 155 Å². The zero-order valence-electron chi connectivity index (χ0n) is 29.4. The summed E-state index contributed by atoms with van der Waals surface area (Å²) >= 11 is 0. The van der Waals surface area contributed by atoms with Crippen molar-refractivity contribution in [2.75, 3.05) is 40.9 Å². The molecular weight excluding hydrogens is 575 g/mol. The fourth-order valence-electron chi connectivity index (χ4n) is 5.03. The molecule has 0 saturated heterocycles. The predicted octanol–water partition coefficient (Wildman–Crippen LogP) is 8.22. The second kappa shape index (κ2) is 28.5. The minimum Gasteiger partial charge on any atom is -0.756 e. The highest BCUT2D eigenvalue weighted by Gasteiger charge is 2.23. The number of aliphatic hydroxyl groups excluding tert-OH is 1. The smallest absolute Gasteiger partial charge is 0.268 e. The quantitative estimate of drug-likeness (QED) is 0.0330. The molecule has 0 fully saturated rings. The Kier molecular flexibility index (Phi) is 28.0. The van der Waals surface area contributed by atoms with E-state index in [0.29, 0.717) is 17.4 Å². The van der Waals surface area contributed by atoms with Crippen LogP contribution in [0.5, 0.6) is 0 Å². The van der Waals surface area contributed by atoms with E-state index in [1.807, 2.05) is 27.2 Å². The lowest BCUT2D eigenvalue weighted by Crippen LogP contribution is -2.45. The van der Waals surface area contributed by atoms with E-state index in [4.69, 9.17) is 9.05 Å². The Morgan fingerprint density at radius 3 is 1.70 bits per heavy atom. The summed E-state index contributed by atoms with van der Waals surface area (Å²) in [5.74, 6) is -0.202. The maximum atomic E-state index is 12.7. The van der Waals surface area contributed by atoms with Gasteiger partial charge in [0.2, 0.25) is 5.91 Å². The first-order valence-electron chi connectivity index (χ1n) is 18.1. The summed E-state index contributed by atoms with van der Waals surface area (Å²) in [5.41, 5.74) is 0. The zero-order valence-corrected chi connectivity index (χ0v) is 30.3. The van der Waals surface area contributed by atoms with Crippen molar-refractivity contribution in [1.29, 1.82) is 0 Å². The number of hydrogen-bond donors (Lipinski definition) is 2. The zero-order chi connectivity index (χ0) is 32.9. The summed E-state index contributed by atoms with van der Waals surface area (Å²) in [6.45, 7) is 4.60. The van der Waals surface area contributed by atoms with Crippen LogP contribution in [0.3, 0.4) is 0 Å². The fraction of sp³-hybridized carbons (Fsp3) is 0.914. The Bertz CT molecular complexity index is 743. The van der Waals surface area contributed by atoms with Crippen molar-refractivity contribution < 1.29 is 32.9 Å². The van der Waals surface area contributed by atoms with Crippen LogP contribution in [0.4, 0.5) is 0 Å². The van der Waals surface area contributed by atoms with Crippen molar-refractivity contribution in [3.05, 3.63) is 12.2 Å². The summed E-state index contributed by atoms with van der Waals surface area (Å²) in [6, 6.07) is -0.876. The summed E-state index contributed by atoms with van der Waals surface area (Å²) in [7, 11) is 1.26. The van der Waals surface area contributed by atoms with Gasteiger partial charge in [0, 0.05) is 6.42 Å². The highest BCUT2D eigenvalue weighted by atomic mass is 31.2. The number of phosphoric ester groups is 1. The Labute approximate surface area is 272 Å². The molecule has 2 N–H and O–H groups in total. The van der Waals surface area contributed by atoms with Gasteiger partial charge >= 0.3 is 0 Å².